The standard InChI is InChI=1S/C23H17FN6O3S2/c1-14-20(34-23-28-19(13-30(14)23)15-3-5-16(24)6-4-15)21(31)27-17-7-9-18(10-8-17)35(32,33)29-22-25-11-2-12-26-22/h2-13H,1H3,(H,27,31)(H,25,26,29). The maximum atomic E-state index is 13.2. The molecule has 0 bridgehead atoms. The molecule has 0 unspecified atom stereocenters. The van der Waals surface area contributed by atoms with Gasteiger partial charge in [0, 0.05) is 35.5 Å². The number of nitrogens with one attached hydrogen (secondary N) is 2. The van der Waals surface area contributed by atoms with Crippen molar-refractivity contribution in [2.75, 3.05) is 10.0 Å². The summed E-state index contributed by atoms with van der Waals surface area (Å²) in [6, 6.07) is 13.4. The zero-order valence-corrected chi connectivity index (χ0v) is 19.8. The van der Waals surface area contributed by atoms with Gasteiger partial charge in [-0.25, -0.2) is 32.5 Å². The van der Waals surface area contributed by atoms with Crippen molar-refractivity contribution in [2.45, 2.75) is 11.8 Å². The third-order valence-corrected chi connectivity index (χ3v) is 7.62. The predicted molar refractivity (Wildman–Crippen MR) is 130 cm³/mol. The van der Waals surface area contributed by atoms with Gasteiger partial charge in [-0.15, -0.1) is 0 Å². The lowest BCUT2D eigenvalue weighted by Gasteiger charge is -2.08. The molecule has 2 aromatic carbocycles. The van der Waals surface area contributed by atoms with Crippen LogP contribution in [0.2, 0.25) is 0 Å². The molecule has 1 amide bonds. The lowest BCUT2D eigenvalue weighted by atomic mass is 10.2. The number of benzene rings is 2. The van der Waals surface area contributed by atoms with Gasteiger partial charge in [0.05, 0.1) is 10.6 Å². The van der Waals surface area contributed by atoms with Crippen LogP contribution in [0.25, 0.3) is 16.2 Å². The quantitative estimate of drug-likeness (QED) is 0.352. The second-order valence-electron chi connectivity index (χ2n) is 7.46. The van der Waals surface area contributed by atoms with Gasteiger partial charge in [-0.2, -0.15) is 0 Å². The average molecular weight is 509 g/mol. The fraction of sp³-hybridized carbons (Fsp3) is 0.0435. The molecule has 0 spiro atoms. The Morgan fingerprint density at radius 1 is 1.03 bits per heavy atom. The Morgan fingerprint density at radius 2 is 1.71 bits per heavy atom. The third kappa shape index (κ3) is 4.61. The number of aromatic nitrogens is 4. The summed E-state index contributed by atoms with van der Waals surface area (Å²) < 4.78 is 42.3. The Balaban J connectivity index is 1.32. The fourth-order valence-corrected chi connectivity index (χ4v) is 5.32. The van der Waals surface area contributed by atoms with E-state index in [9.17, 15) is 17.6 Å². The van der Waals surface area contributed by atoms with E-state index in [0.717, 1.165) is 5.56 Å². The van der Waals surface area contributed by atoms with Crippen molar-refractivity contribution in [2.24, 2.45) is 0 Å². The van der Waals surface area contributed by atoms with Crippen LogP contribution >= 0.6 is 11.3 Å². The van der Waals surface area contributed by atoms with Crippen LogP contribution in [0, 0.1) is 12.7 Å². The van der Waals surface area contributed by atoms with Gasteiger partial charge in [-0.1, -0.05) is 11.3 Å². The molecule has 3 heterocycles. The lowest BCUT2D eigenvalue weighted by molar-refractivity contribution is 0.102. The normalized spacial score (nSPS) is 11.5. The van der Waals surface area contributed by atoms with Crippen molar-refractivity contribution in [1.29, 1.82) is 0 Å². The second kappa shape index (κ2) is 8.89. The molecular weight excluding hydrogens is 491 g/mol. The molecule has 5 rings (SSSR count). The van der Waals surface area contributed by atoms with Crippen LogP contribution in [0.15, 0.2) is 78.1 Å². The number of aryl methyl sites for hydroxylation is 1. The molecule has 0 saturated carbocycles. The first-order valence-corrected chi connectivity index (χ1v) is 12.6. The molecule has 0 fully saturated rings. The largest absolute Gasteiger partial charge is 0.321 e. The minimum atomic E-state index is -3.87. The molecule has 0 saturated heterocycles. The smallest absolute Gasteiger partial charge is 0.267 e. The summed E-state index contributed by atoms with van der Waals surface area (Å²) in [4.78, 5) is 26.2. The van der Waals surface area contributed by atoms with Crippen molar-refractivity contribution >= 4 is 43.9 Å². The molecule has 5 aromatic rings. The molecule has 2 N–H and O–H groups in total. The van der Waals surface area contributed by atoms with Crippen LogP contribution in [-0.4, -0.2) is 33.7 Å². The van der Waals surface area contributed by atoms with Crippen LogP contribution in [0.1, 0.15) is 15.4 Å². The summed E-state index contributed by atoms with van der Waals surface area (Å²) >= 11 is 1.22. The van der Waals surface area contributed by atoms with Gasteiger partial charge < -0.3 is 5.32 Å². The van der Waals surface area contributed by atoms with Crippen LogP contribution in [0.3, 0.4) is 0 Å². The molecule has 3 aromatic heterocycles. The fourth-order valence-electron chi connectivity index (χ4n) is 3.36. The van der Waals surface area contributed by atoms with Crippen molar-refractivity contribution in [3.63, 3.8) is 0 Å². The van der Waals surface area contributed by atoms with Crippen molar-refractivity contribution in [3.05, 3.63) is 89.6 Å². The van der Waals surface area contributed by atoms with Crippen LogP contribution in [-0.2, 0) is 10.0 Å². The number of halogens is 1. The van der Waals surface area contributed by atoms with E-state index in [4.69, 9.17) is 0 Å². The third-order valence-electron chi connectivity index (χ3n) is 5.12. The van der Waals surface area contributed by atoms with Crippen LogP contribution in [0.5, 0.6) is 0 Å². The number of rotatable bonds is 6. The Bertz CT molecular complexity index is 1630. The monoisotopic (exact) mass is 508 g/mol. The van der Waals surface area contributed by atoms with Crippen molar-refractivity contribution in [1.82, 2.24) is 19.4 Å². The number of nitrogens with zero attached hydrogens (tertiary/aromatic N) is 4. The van der Waals surface area contributed by atoms with E-state index in [2.05, 4.69) is 25.0 Å². The first-order valence-electron chi connectivity index (χ1n) is 10.3. The van der Waals surface area contributed by atoms with Gasteiger partial charge in [0.2, 0.25) is 5.95 Å². The predicted octanol–water partition coefficient (Wildman–Crippen LogP) is 4.35. The minimum Gasteiger partial charge on any atom is -0.321 e. The van der Waals surface area contributed by atoms with E-state index in [1.807, 2.05) is 11.3 Å². The highest BCUT2D eigenvalue weighted by molar-refractivity contribution is 7.92. The number of thiazole rings is 1. The van der Waals surface area contributed by atoms with Gasteiger partial charge in [-0.05, 0) is 61.5 Å². The number of carbonyl (C=O) groups is 1. The minimum absolute atomic E-state index is 0.00190. The molecule has 9 nitrogen and oxygen atoms in total. The van der Waals surface area contributed by atoms with E-state index < -0.39 is 10.0 Å². The van der Waals surface area contributed by atoms with Crippen molar-refractivity contribution < 1.29 is 17.6 Å². The molecular formula is C23H17FN6O3S2. The number of anilines is 2. The topological polar surface area (TPSA) is 118 Å². The van der Waals surface area contributed by atoms with Gasteiger partial charge >= 0.3 is 0 Å². The van der Waals surface area contributed by atoms with Crippen LogP contribution in [0.4, 0.5) is 16.0 Å². The molecule has 0 aliphatic heterocycles. The summed E-state index contributed by atoms with van der Waals surface area (Å²) in [6.07, 6.45) is 4.65. The average Bonchev–Trinajstić information content (AvgIpc) is 3.40. The zero-order valence-electron chi connectivity index (χ0n) is 18.1. The Labute approximate surface area is 203 Å². The zero-order chi connectivity index (χ0) is 24.6. The summed E-state index contributed by atoms with van der Waals surface area (Å²) in [5.74, 6) is -0.699. The molecule has 35 heavy (non-hydrogen) atoms. The highest BCUT2D eigenvalue weighted by Crippen LogP contribution is 2.28. The number of amides is 1. The Kier molecular flexibility index (Phi) is 5.75. The van der Waals surface area contributed by atoms with E-state index in [-0.39, 0.29) is 22.6 Å². The van der Waals surface area contributed by atoms with Gasteiger partial charge in [0.25, 0.3) is 15.9 Å². The molecule has 0 aliphatic rings. The molecule has 0 atom stereocenters. The van der Waals surface area contributed by atoms with E-state index in [0.29, 0.717) is 26.9 Å². The number of imidazole rings is 1. The SMILES string of the molecule is Cc1c(C(=O)Nc2ccc(S(=O)(=O)Nc3ncccn3)cc2)sc2nc(-c3ccc(F)cc3)cn12. The number of sulfonamides is 1. The van der Waals surface area contributed by atoms with Gasteiger partial charge in [0.1, 0.15) is 10.7 Å². The first kappa shape index (κ1) is 22.6. The lowest BCUT2D eigenvalue weighted by Crippen LogP contribution is -2.15. The number of hydrogen-bond acceptors (Lipinski definition) is 7. The maximum Gasteiger partial charge on any atom is 0.267 e. The molecule has 176 valence electrons. The summed E-state index contributed by atoms with van der Waals surface area (Å²) in [7, 11) is -3.87. The van der Waals surface area contributed by atoms with Crippen molar-refractivity contribution in [3.8, 4) is 11.3 Å². The van der Waals surface area contributed by atoms with Gasteiger partial charge in [0.15, 0.2) is 4.96 Å². The molecule has 12 heteroatoms. The summed E-state index contributed by atoms with van der Waals surface area (Å²) in [5, 5.41) is 2.78. The van der Waals surface area contributed by atoms with Gasteiger partial charge in [-0.3, -0.25) is 9.20 Å². The second-order valence-corrected chi connectivity index (χ2v) is 10.1. The Hall–Kier alpha value is -4.16. The van der Waals surface area contributed by atoms with E-state index in [1.165, 1.54) is 60.1 Å². The summed E-state index contributed by atoms with van der Waals surface area (Å²) in [6.45, 7) is 1.81. The number of hydrogen-bond donors (Lipinski definition) is 2. The first-order chi connectivity index (χ1) is 16.8. The number of carbonyl (C=O) groups excluding carboxylic acids is 1. The Morgan fingerprint density at radius 3 is 2.37 bits per heavy atom. The number of fused-ring (bicyclic) bond motifs is 1. The highest BCUT2D eigenvalue weighted by Gasteiger charge is 2.19. The van der Waals surface area contributed by atoms with E-state index in [1.54, 1.807) is 24.4 Å². The highest BCUT2D eigenvalue weighted by atomic mass is 32.2. The summed E-state index contributed by atoms with van der Waals surface area (Å²) in [5.41, 5.74) is 2.59. The van der Waals surface area contributed by atoms with E-state index >= 15 is 0 Å². The molecule has 0 aliphatic carbocycles. The van der Waals surface area contributed by atoms with Crippen LogP contribution < -0.4 is 10.0 Å². The molecule has 0 radical (unpaired) electrons. The maximum absolute atomic E-state index is 13.2.